The molecule has 21 heavy (non-hydrogen) atoms. The van der Waals surface area contributed by atoms with E-state index in [0.717, 1.165) is 12.1 Å². The Balaban J connectivity index is 2.02. The first-order chi connectivity index (χ1) is 10.1. The molecule has 4 N–H and O–H groups in total. The van der Waals surface area contributed by atoms with Crippen molar-refractivity contribution < 1.29 is 9.90 Å². The van der Waals surface area contributed by atoms with Gasteiger partial charge >= 0.3 is 5.97 Å². The number of aryl methyl sites for hydroxylation is 1. The first-order valence-corrected chi connectivity index (χ1v) is 6.73. The van der Waals surface area contributed by atoms with Crippen LogP contribution >= 0.6 is 0 Å². The van der Waals surface area contributed by atoms with Crippen LogP contribution in [0, 0.1) is 0 Å². The van der Waals surface area contributed by atoms with Gasteiger partial charge in [-0.3, -0.25) is 4.79 Å². The van der Waals surface area contributed by atoms with Crippen LogP contribution in [0.25, 0.3) is 0 Å². The zero-order chi connectivity index (χ0) is 15.2. The molecule has 1 atom stereocenters. The Bertz CT molecular complexity index is 596. The normalized spacial score (nSPS) is 11.9. The van der Waals surface area contributed by atoms with Crippen LogP contribution < -0.4 is 11.1 Å². The number of carboxylic acids is 1. The van der Waals surface area contributed by atoms with E-state index in [0.29, 0.717) is 11.5 Å². The van der Waals surface area contributed by atoms with Crippen LogP contribution in [0.1, 0.15) is 30.5 Å². The molecule has 0 fully saturated rings. The minimum absolute atomic E-state index is 0.144. The fourth-order valence-electron chi connectivity index (χ4n) is 1.85. The topological polar surface area (TPSA) is 101 Å². The fraction of sp³-hybridized carbons (Fsp3) is 0.267. The van der Waals surface area contributed by atoms with E-state index < -0.39 is 12.0 Å². The van der Waals surface area contributed by atoms with Gasteiger partial charge in [-0.1, -0.05) is 19.1 Å². The maximum absolute atomic E-state index is 10.6. The maximum Gasteiger partial charge on any atom is 0.305 e. The van der Waals surface area contributed by atoms with Gasteiger partial charge in [0.1, 0.15) is 0 Å². The second-order valence-electron chi connectivity index (χ2n) is 4.72. The molecule has 0 radical (unpaired) electrons. The number of nitrogens with one attached hydrogen (secondary N) is 1. The summed E-state index contributed by atoms with van der Waals surface area (Å²) < 4.78 is 0. The number of aliphatic carboxylic acids is 1. The Labute approximate surface area is 123 Å². The van der Waals surface area contributed by atoms with Crippen LogP contribution in [0.3, 0.4) is 0 Å². The fourth-order valence-corrected chi connectivity index (χ4v) is 1.85. The van der Waals surface area contributed by atoms with Gasteiger partial charge in [0, 0.05) is 29.7 Å². The van der Waals surface area contributed by atoms with E-state index in [4.69, 9.17) is 10.8 Å². The third-order valence-electron chi connectivity index (χ3n) is 3.11. The molecule has 2 aromatic rings. The van der Waals surface area contributed by atoms with Gasteiger partial charge in [-0.2, -0.15) is 0 Å². The molecule has 0 saturated heterocycles. The summed E-state index contributed by atoms with van der Waals surface area (Å²) >= 11 is 0. The maximum atomic E-state index is 10.6. The lowest BCUT2D eigenvalue weighted by Crippen LogP contribution is -2.15. The zero-order valence-electron chi connectivity index (χ0n) is 11.8. The van der Waals surface area contributed by atoms with Crippen molar-refractivity contribution in [1.29, 1.82) is 0 Å². The molecular formula is C15H18N4O2. The predicted molar refractivity (Wildman–Crippen MR) is 80.3 cm³/mol. The minimum atomic E-state index is -0.944. The second kappa shape index (κ2) is 6.81. The Hall–Kier alpha value is -2.47. The number of hydrogen-bond donors (Lipinski definition) is 3. The minimum Gasteiger partial charge on any atom is -0.481 e. The molecule has 0 aliphatic heterocycles. The van der Waals surface area contributed by atoms with E-state index in [9.17, 15) is 4.79 Å². The lowest BCUT2D eigenvalue weighted by molar-refractivity contribution is -0.137. The molecule has 0 saturated carbocycles. The number of nitrogens with two attached hydrogens (primary N) is 1. The number of benzene rings is 1. The van der Waals surface area contributed by atoms with E-state index in [1.54, 1.807) is 12.4 Å². The van der Waals surface area contributed by atoms with Crippen molar-refractivity contribution in [1.82, 2.24) is 9.97 Å². The van der Waals surface area contributed by atoms with E-state index in [1.165, 1.54) is 5.56 Å². The molecule has 1 heterocycles. The van der Waals surface area contributed by atoms with Crippen LogP contribution in [-0.2, 0) is 11.2 Å². The summed E-state index contributed by atoms with van der Waals surface area (Å²) in [5, 5.41) is 11.8. The van der Waals surface area contributed by atoms with Crippen molar-refractivity contribution in [3.05, 3.63) is 47.8 Å². The largest absolute Gasteiger partial charge is 0.481 e. The Morgan fingerprint density at radius 2 is 1.90 bits per heavy atom. The summed E-state index contributed by atoms with van der Waals surface area (Å²) in [5.74, 6) is -0.494. The Kier molecular flexibility index (Phi) is 4.84. The zero-order valence-corrected chi connectivity index (χ0v) is 11.8. The second-order valence-corrected chi connectivity index (χ2v) is 4.72. The molecule has 1 aromatic carbocycles. The highest BCUT2D eigenvalue weighted by atomic mass is 16.4. The molecule has 110 valence electrons. The quantitative estimate of drug-likeness (QED) is 0.753. The summed E-state index contributed by atoms with van der Waals surface area (Å²) in [6.07, 6.45) is 3.94. The average Bonchev–Trinajstić information content (AvgIpc) is 2.48. The number of rotatable bonds is 6. The molecule has 0 aliphatic rings. The Morgan fingerprint density at radius 1 is 1.29 bits per heavy atom. The van der Waals surface area contributed by atoms with Crippen molar-refractivity contribution in [2.75, 3.05) is 5.32 Å². The third-order valence-corrected chi connectivity index (χ3v) is 3.11. The molecule has 0 unspecified atom stereocenters. The molecule has 0 bridgehead atoms. The first-order valence-electron chi connectivity index (χ1n) is 6.73. The number of hydrogen-bond acceptors (Lipinski definition) is 5. The van der Waals surface area contributed by atoms with Crippen LogP contribution in [-0.4, -0.2) is 21.0 Å². The van der Waals surface area contributed by atoms with Gasteiger partial charge in [0.15, 0.2) is 0 Å². The van der Waals surface area contributed by atoms with Gasteiger partial charge in [-0.15, -0.1) is 0 Å². The van der Waals surface area contributed by atoms with Gasteiger partial charge in [-0.25, -0.2) is 9.97 Å². The SMILES string of the molecule is CCc1ccc(Nc2ncc([C@@H](N)CC(=O)O)cn2)cc1. The molecule has 6 nitrogen and oxygen atoms in total. The predicted octanol–water partition coefficient (Wildman–Crippen LogP) is 2.26. The van der Waals surface area contributed by atoms with Gasteiger partial charge < -0.3 is 16.2 Å². The van der Waals surface area contributed by atoms with Crippen molar-refractivity contribution in [3.8, 4) is 0 Å². The molecule has 6 heteroatoms. The summed E-state index contributed by atoms with van der Waals surface area (Å²) in [5.41, 5.74) is 8.51. The summed E-state index contributed by atoms with van der Waals surface area (Å²) in [6.45, 7) is 2.10. The summed E-state index contributed by atoms with van der Waals surface area (Å²) in [6, 6.07) is 7.41. The van der Waals surface area contributed by atoms with E-state index in [2.05, 4.69) is 22.2 Å². The first kappa shape index (κ1) is 14.9. The summed E-state index contributed by atoms with van der Waals surface area (Å²) in [4.78, 5) is 18.9. The van der Waals surface area contributed by atoms with Crippen molar-refractivity contribution >= 4 is 17.6 Å². The van der Waals surface area contributed by atoms with Gasteiger partial charge in [-0.05, 0) is 24.1 Å². The lowest BCUT2D eigenvalue weighted by atomic mass is 10.1. The number of carboxylic acid groups (broad SMARTS) is 1. The molecular weight excluding hydrogens is 268 g/mol. The smallest absolute Gasteiger partial charge is 0.305 e. The number of aromatic nitrogens is 2. The standard InChI is InChI=1S/C15H18N4O2/c1-2-10-3-5-12(6-4-10)19-15-17-8-11(9-18-15)13(16)7-14(20)21/h3-6,8-9,13H,2,7,16H2,1H3,(H,20,21)(H,17,18,19)/t13-/m0/s1. The number of carbonyl (C=O) groups is 1. The van der Waals surface area contributed by atoms with Crippen LogP contribution in [0.15, 0.2) is 36.7 Å². The highest BCUT2D eigenvalue weighted by Crippen LogP contribution is 2.16. The lowest BCUT2D eigenvalue weighted by Gasteiger charge is -2.10. The van der Waals surface area contributed by atoms with Crippen molar-refractivity contribution in [2.45, 2.75) is 25.8 Å². The molecule has 0 spiro atoms. The van der Waals surface area contributed by atoms with E-state index in [1.807, 2.05) is 24.3 Å². The molecule has 0 aliphatic carbocycles. The number of anilines is 2. The van der Waals surface area contributed by atoms with Crippen molar-refractivity contribution in [3.63, 3.8) is 0 Å². The monoisotopic (exact) mass is 286 g/mol. The highest BCUT2D eigenvalue weighted by molar-refractivity contribution is 5.67. The van der Waals surface area contributed by atoms with Gasteiger partial charge in [0.05, 0.1) is 6.42 Å². The average molecular weight is 286 g/mol. The van der Waals surface area contributed by atoms with Crippen molar-refractivity contribution in [2.24, 2.45) is 5.73 Å². The van der Waals surface area contributed by atoms with E-state index >= 15 is 0 Å². The van der Waals surface area contributed by atoms with Gasteiger partial charge in [0.25, 0.3) is 0 Å². The highest BCUT2D eigenvalue weighted by Gasteiger charge is 2.11. The Morgan fingerprint density at radius 3 is 2.43 bits per heavy atom. The van der Waals surface area contributed by atoms with Crippen LogP contribution in [0.5, 0.6) is 0 Å². The third kappa shape index (κ3) is 4.25. The summed E-state index contributed by atoms with van der Waals surface area (Å²) in [7, 11) is 0. The molecule has 0 amide bonds. The molecule has 2 rings (SSSR count). The number of nitrogens with zero attached hydrogens (tertiary/aromatic N) is 2. The van der Waals surface area contributed by atoms with Gasteiger partial charge in [0.2, 0.25) is 5.95 Å². The molecule has 1 aromatic heterocycles. The van der Waals surface area contributed by atoms with Crippen LogP contribution in [0.4, 0.5) is 11.6 Å². The van der Waals surface area contributed by atoms with E-state index in [-0.39, 0.29) is 6.42 Å². The van der Waals surface area contributed by atoms with Crippen LogP contribution in [0.2, 0.25) is 0 Å².